The maximum atomic E-state index is 5.90. The summed E-state index contributed by atoms with van der Waals surface area (Å²) in [4.78, 5) is 8.70. The molecule has 0 unspecified atom stereocenters. The van der Waals surface area contributed by atoms with Gasteiger partial charge in [0.25, 0.3) is 5.88 Å². The van der Waals surface area contributed by atoms with Crippen molar-refractivity contribution in [2.45, 2.75) is 6.92 Å². The number of hydrogen-bond acceptors (Lipinski definition) is 4. The van der Waals surface area contributed by atoms with E-state index < -0.39 is 0 Å². The molecule has 0 bridgehead atoms. The summed E-state index contributed by atoms with van der Waals surface area (Å²) in [5, 5.41) is 0. The number of nitrogens with zero attached hydrogens (tertiary/aromatic N) is 2. The number of halogens is 1. The molecule has 2 aromatic carbocycles. The Kier molecular flexibility index (Phi) is 3.28. The minimum Gasteiger partial charge on any atom is -0.435 e. The van der Waals surface area contributed by atoms with Crippen molar-refractivity contribution in [2.75, 3.05) is 5.73 Å². The number of fused-ring (bicyclic) bond motifs is 1. The lowest BCUT2D eigenvalue weighted by atomic mass is 10.2. The highest BCUT2D eigenvalue weighted by Crippen LogP contribution is 2.32. The molecule has 0 saturated heterocycles. The normalized spacial score (nSPS) is 10.7. The van der Waals surface area contributed by atoms with Crippen molar-refractivity contribution in [3.63, 3.8) is 0 Å². The van der Waals surface area contributed by atoms with Gasteiger partial charge < -0.3 is 10.5 Å². The van der Waals surface area contributed by atoms with Crippen LogP contribution in [-0.2, 0) is 0 Å². The summed E-state index contributed by atoms with van der Waals surface area (Å²) in [6.45, 7) is 2.01. The molecule has 0 atom stereocenters. The van der Waals surface area contributed by atoms with Crippen molar-refractivity contribution >= 4 is 32.8 Å². The third-order valence-electron chi connectivity index (χ3n) is 2.86. The molecule has 4 nitrogen and oxygen atoms in total. The zero-order chi connectivity index (χ0) is 14.1. The van der Waals surface area contributed by atoms with Gasteiger partial charge in [0.05, 0.1) is 15.5 Å². The van der Waals surface area contributed by atoms with E-state index in [9.17, 15) is 0 Å². The monoisotopic (exact) mass is 329 g/mol. The Morgan fingerprint density at radius 2 is 1.75 bits per heavy atom. The first-order chi connectivity index (χ1) is 9.63. The van der Waals surface area contributed by atoms with Crippen LogP contribution in [0.4, 0.5) is 5.82 Å². The first-order valence-corrected chi connectivity index (χ1v) is 6.89. The molecule has 0 aliphatic rings. The second kappa shape index (κ2) is 5.09. The number of hydrogen-bond donors (Lipinski definition) is 1. The molecule has 0 spiro atoms. The third kappa shape index (κ3) is 2.44. The van der Waals surface area contributed by atoms with E-state index in [1.54, 1.807) is 0 Å². The second-order valence-corrected chi connectivity index (χ2v) is 5.29. The second-order valence-electron chi connectivity index (χ2n) is 4.44. The van der Waals surface area contributed by atoms with Crippen molar-refractivity contribution in [3.8, 4) is 11.6 Å². The molecule has 0 aliphatic heterocycles. The van der Waals surface area contributed by atoms with Gasteiger partial charge >= 0.3 is 0 Å². The minimum absolute atomic E-state index is 0.274. The Hall–Kier alpha value is -2.14. The molecule has 0 fully saturated rings. The molecule has 1 heterocycles. The maximum Gasteiger partial charge on any atom is 0.263 e. The summed E-state index contributed by atoms with van der Waals surface area (Å²) in [6, 6.07) is 13.3. The Morgan fingerprint density at radius 3 is 2.45 bits per heavy atom. The van der Waals surface area contributed by atoms with Crippen molar-refractivity contribution in [3.05, 3.63) is 52.5 Å². The van der Waals surface area contributed by atoms with Crippen molar-refractivity contribution in [1.82, 2.24) is 9.97 Å². The zero-order valence-electron chi connectivity index (χ0n) is 10.8. The summed E-state index contributed by atoms with van der Waals surface area (Å²) in [6.07, 6.45) is 0. The molecule has 0 aliphatic carbocycles. The summed E-state index contributed by atoms with van der Waals surface area (Å²) in [7, 11) is 0. The van der Waals surface area contributed by atoms with Crippen LogP contribution in [0.3, 0.4) is 0 Å². The number of rotatable bonds is 2. The summed E-state index contributed by atoms with van der Waals surface area (Å²) >= 11 is 3.46. The fourth-order valence-electron chi connectivity index (χ4n) is 1.87. The third-order valence-corrected chi connectivity index (χ3v) is 3.48. The van der Waals surface area contributed by atoms with Crippen LogP contribution in [0.5, 0.6) is 11.6 Å². The van der Waals surface area contributed by atoms with Gasteiger partial charge in [-0.15, -0.1) is 0 Å². The maximum absolute atomic E-state index is 5.90. The van der Waals surface area contributed by atoms with Gasteiger partial charge in [0.15, 0.2) is 5.82 Å². The topological polar surface area (TPSA) is 61.0 Å². The van der Waals surface area contributed by atoms with Crippen LogP contribution in [0.2, 0.25) is 0 Å². The lowest BCUT2D eigenvalue weighted by Crippen LogP contribution is -1.99. The van der Waals surface area contributed by atoms with E-state index in [-0.39, 0.29) is 5.82 Å². The van der Waals surface area contributed by atoms with E-state index in [2.05, 4.69) is 25.9 Å². The summed E-state index contributed by atoms with van der Waals surface area (Å²) in [5.74, 6) is 1.25. The largest absolute Gasteiger partial charge is 0.435 e. The van der Waals surface area contributed by atoms with Gasteiger partial charge in [-0.05, 0) is 52.7 Å². The number of para-hydroxylation sites is 2. The number of benzene rings is 2. The Balaban J connectivity index is 2.03. The van der Waals surface area contributed by atoms with Crippen molar-refractivity contribution in [2.24, 2.45) is 0 Å². The summed E-state index contributed by atoms with van der Waals surface area (Å²) in [5.41, 5.74) is 8.54. The highest BCUT2D eigenvalue weighted by atomic mass is 79.9. The van der Waals surface area contributed by atoms with Gasteiger partial charge in [-0.2, -0.15) is 0 Å². The van der Waals surface area contributed by atoms with E-state index in [4.69, 9.17) is 10.5 Å². The van der Waals surface area contributed by atoms with Crippen molar-refractivity contribution < 1.29 is 4.74 Å². The molecule has 0 radical (unpaired) electrons. The molecule has 20 heavy (non-hydrogen) atoms. The molecule has 100 valence electrons. The SMILES string of the molecule is Cc1ccc(Oc2nc3ccccc3nc2N)c(Br)c1. The average Bonchev–Trinajstić information content (AvgIpc) is 2.42. The average molecular weight is 330 g/mol. The lowest BCUT2D eigenvalue weighted by molar-refractivity contribution is 0.463. The predicted molar refractivity (Wildman–Crippen MR) is 82.9 cm³/mol. The lowest BCUT2D eigenvalue weighted by Gasteiger charge is -2.09. The number of nitrogen functional groups attached to an aromatic ring is 1. The van der Waals surface area contributed by atoms with E-state index in [1.807, 2.05) is 49.4 Å². The molecule has 3 aromatic rings. The van der Waals surface area contributed by atoms with Crippen LogP contribution in [0.25, 0.3) is 11.0 Å². The van der Waals surface area contributed by atoms with E-state index in [0.29, 0.717) is 11.6 Å². The number of anilines is 1. The Labute approximate surface area is 124 Å². The Bertz CT molecular complexity index is 789. The molecule has 0 saturated carbocycles. The fraction of sp³-hybridized carbons (Fsp3) is 0.0667. The van der Waals surface area contributed by atoms with Crippen LogP contribution < -0.4 is 10.5 Å². The highest BCUT2D eigenvalue weighted by Gasteiger charge is 2.10. The van der Waals surface area contributed by atoms with Crippen molar-refractivity contribution in [1.29, 1.82) is 0 Å². The van der Waals surface area contributed by atoms with Gasteiger partial charge in [-0.3, -0.25) is 0 Å². The van der Waals surface area contributed by atoms with Crippen LogP contribution >= 0.6 is 15.9 Å². The van der Waals surface area contributed by atoms with E-state index in [1.165, 1.54) is 0 Å². The van der Waals surface area contributed by atoms with Gasteiger partial charge in [-0.25, -0.2) is 9.97 Å². The van der Waals surface area contributed by atoms with Crippen LogP contribution in [-0.4, -0.2) is 9.97 Å². The predicted octanol–water partition coefficient (Wildman–Crippen LogP) is 4.08. The minimum atomic E-state index is 0.274. The molecule has 3 rings (SSSR count). The molecular formula is C15H12BrN3O. The van der Waals surface area contributed by atoms with Gasteiger partial charge in [0.2, 0.25) is 0 Å². The molecular weight excluding hydrogens is 318 g/mol. The van der Waals surface area contributed by atoms with E-state index in [0.717, 1.165) is 21.1 Å². The summed E-state index contributed by atoms with van der Waals surface area (Å²) < 4.78 is 6.61. The number of ether oxygens (including phenoxy) is 1. The van der Waals surface area contributed by atoms with Crippen LogP contribution in [0, 0.1) is 6.92 Å². The molecule has 5 heteroatoms. The first kappa shape index (κ1) is 12.9. The fourth-order valence-corrected chi connectivity index (χ4v) is 2.44. The smallest absolute Gasteiger partial charge is 0.263 e. The number of aryl methyl sites for hydroxylation is 1. The number of nitrogens with two attached hydrogens (primary N) is 1. The zero-order valence-corrected chi connectivity index (χ0v) is 12.4. The van der Waals surface area contributed by atoms with Crippen LogP contribution in [0.1, 0.15) is 5.56 Å². The van der Waals surface area contributed by atoms with E-state index >= 15 is 0 Å². The first-order valence-electron chi connectivity index (χ1n) is 6.10. The highest BCUT2D eigenvalue weighted by molar-refractivity contribution is 9.10. The quantitative estimate of drug-likeness (QED) is 0.769. The Morgan fingerprint density at radius 1 is 1.05 bits per heavy atom. The van der Waals surface area contributed by atoms with Gasteiger partial charge in [0.1, 0.15) is 5.75 Å². The standard InChI is InChI=1S/C15H12BrN3O/c1-9-6-7-13(10(16)8-9)20-15-14(17)18-11-4-2-3-5-12(11)19-15/h2-8H,1H3,(H2,17,18). The number of aromatic nitrogens is 2. The van der Waals surface area contributed by atoms with Gasteiger partial charge in [0, 0.05) is 0 Å². The molecule has 1 aromatic heterocycles. The molecule has 2 N–H and O–H groups in total. The van der Waals surface area contributed by atoms with Gasteiger partial charge in [-0.1, -0.05) is 18.2 Å². The van der Waals surface area contributed by atoms with Crippen LogP contribution in [0.15, 0.2) is 46.9 Å². The molecule has 0 amide bonds.